The Morgan fingerprint density at radius 1 is 1.30 bits per heavy atom. The minimum absolute atomic E-state index is 0.464. The van der Waals surface area contributed by atoms with Crippen LogP contribution < -0.4 is 11.5 Å². The number of hydrogen-bond acceptors (Lipinski definition) is 2. The van der Waals surface area contributed by atoms with Crippen LogP contribution in [0.4, 0.5) is 0 Å². The maximum Gasteiger partial charge on any atom is 0.113 e. The number of aliphatic imine (C=N–C) groups is 1. The van der Waals surface area contributed by atoms with Gasteiger partial charge in [0.1, 0.15) is 5.84 Å². The molecule has 3 heteroatoms. The van der Waals surface area contributed by atoms with E-state index in [0.717, 1.165) is 0 Å². The monoisotopic (exact) mass is 145 g/mol. The molecule has 0 aliphatic heterocycles. The number of nitrogens with two attached hydrogens (primary N) is 2. The molecule has 0 aromatic carbocycles. The van der Waals surface area contributed by atoms with E-state index in [-0.39, 0.29) is 0 Å². The van der Waals surface area contributed by atoms with Crippen LogP contribution in [-0.4, -0.2) is 18.4 Å². The van der Waals surface area contributed by atoms with Gasteiger partial charge in [-0.25, -0.2) is 0 Å². The fourth-order valence-corrected chi connectivity index (χ4v) is 0.288. The van der Waals surface area contributed by atoms with Crippen LogP contribution in [0.5, 0.6) is 0 Å². The molecular weight excluding hydrogens is 126 g/mol. The van der Waals surface area contributed by atoms with Crippen LogP contribution in [0.2, 0.25) is 0 Å². The molecule has 0 amide bonds. The molecule has 0 atom stereocenters. The van der Waals surface area contributed by atoms with Crippen molar-refractivity contribution in [3.8, 4) is 0 Å². The third-order valence-electron chi connectivity index (χ3n) is 0.901. The van der Waals surface area contributed by atoms with Crippen molar-refractivity contribution in [3.63, 3.8) is 0 Å². The Kier molecular flexibility index (Phi) is 6.35. The Balaban J connectivity index is 0. The lowest BCUT2D eigenvalue weighted by atomic mass is 10.1. The molecule has 0 aliphatic rings. The molecule has 0 spiro atoms. The van der Waals surface area contributed by atoms with Gasteiger partial charge in [0.05, 0.1) is 5.54 Å². The first-order valence-corrected chi connectivity index (χ1v) is 3.50. The maximum absolute atomic E-state index is 5.53. The van der Waals surface area contributed by atoms with Gasteiger partial charge in [0.25, 0.3) is 0 Å². The largest absolute Gasteiger partial charge is 0.386 e. The zero-order chi connectivity index (χ0) is 8.78. The average Bonchev–Trinajstić information content (AvgIpc) is 1.89. The molecule has 62 valence electrons. The van der Waals surface area contributed by atoms with E-state index in [1.54, 1.807) is 7.05 Å². The predicted molar refractivity (Wildman–Crippen MR) is 47.2 cm³/mol. The van der Waals surface area contributed by atoms with Crippen molar-refractivity contribution in [2.75, 3.05) is 7.05 Å². The Hall–Kier alpha value is -0.570. The third-order valence-corrected chi connectivity index (χ3v) is 0.901. The summed E-state index contributed by atoms with van der Waals surface area (Å²) in [5, 5.41) is 0. The number of amidine groups is 1. The van der Waals surface area contributed by atoms with Crippen molar-refractivity contribution in [2.24, 2.45) is 16.5 Å². The van der Waals surface area contributed by atoms with E-state index in [9.17, 15) is 0 Å². The standard InChI is InChI=1S/C5H13N3.C2H6/c1-5(2,7)4(6)8-3;1-2/h7H2,1-3H3,(H2,6,8);1-2H3. The Morgan fingerprint density at radius 3 is 1.60 bits per heavy atom. The molecule has 0 aromatic rings. The smallest absolute Gasteiger partial charge is 0.113 e. The molecule has 0 aliphatic carbocycles. The molecule has 0 aromatic heterocycles. The molecule has 0 saturated heterocycles. The van der Waals surface area contributed by atoms with Gasteiger partial charge in [-0.05, 0) is 13.8 Å². The molecule has 0 radical (unpaired) electrons. The van der Waals surface area contributed by atoms with E-state index in [1.165, 1.54) is 0 Å². The van der Waals surface area contributed by atoms with Gasteiger partial charge in [-0.15, -0.1) is 0 Å². The average molecular weight is 145 g/mol. The molecule has 0 saturated carbocycles. The van der Waals surface area contributed by atoms with Crippen molar-refractivity contribution in [1.29, 1.82) is 0 Å². The second-order valence-electron chi connectivity index (χ2n) is 2.33. The minimum atomic E-state index is -0.464. The van der Waals surface area contributed by atoms with Gasteiger partial charge in [0.2, 0.25) is 0 Å². The highest BCUT2D eigenvalue weighted by Crippen LogP contribution is 1.93. The SMILES string of the molecule is CC.CN=C(N)C(C)(C)N. The van der Waals surface area contributed by atoms with E-state index in [0.29, 0.717) is 5.84 Å². The van der Waals surface area contributed by atoms with Crippen LogP contribution in [0.3, 0.4) is 0 Å². The topological polar surface area (TPSA) is 64.4 Å². The van der Waals surface area contributed by atoms with E-state index in [1.807, 2.05) is 27.7 Å². The summed E-state index contributed by atoms with van der Waals surface area (Å²) in [6, 6.07) is 0. The second kappa shape index (κ2) is 5.23. The lowest BCUT2D eigenvalue weighted by Crippen LogP contribution is -2.46. The summed E-state index contributed by atoms with van der Waals surface area (Å²) >= 11 is 0. The molecule has 0 bridgehead atoms. The van der Waals surface area contributed by atoms with E-state index < -0.39 is 5.54 Å². The van der Waals surface area contributed by atoms with Crippen LogP contribution in [-0.2, 0) is 0 Å². The number of rotatable bonds is 1. The molecule has 3 nitrogen and oxygen atoms in total. The van der Waals surface area contributed by atoms with Crippen LogP contribution in [0.1, 0.15) is 27.7 Å². The van der Waals surface area contributed by atoms with Crippen LogP contribution in [0.15, 0.2) is 4.99 Å². The summed E-state index contributed by atoms with van der Waals surface area (Å²) in [7, 11) is 1.63. The summed E-state index contributed by atoms with van der Waals surface area (Å²) < 4.78 is 0. The van der Waals surface area contributed by atoms with Crippen molar-refractivity contribution < 1.29 is 0 Å². The van der Waals surface area contributed by atoms with Gasteiger partial charge in [-0.1, -0.05) is 13.8 Å². The van der Waals surface area contributed by atoms with Gasteiger partial charge >= 0.3 is 0 Å². The van der Waals surface area contributed by atoms with E-state index in [2.05, 4.69) is 4.99 Å². The van der Waals surface area contributed by atoms with Crippen LogP contribution >= 0.6 is 0 Å². The van der Waals surface area contributed by atoms with Crippen molar-refractivity contribution in [2.45, 2.75) is 33.2 Å². The zero-order valence-corrected chi connectivity index (χ0v) is 7.60. The summed E-state index contributed by atoms with van der Waals surface area (Å²) in [5.41, 5.74) is 10.4. The maximum atomic E-state index is 5.53. The van der Waals surface area contributed by atoms with Crippen molar-refractivity contribution >= 4 is 5.84 Å². The fourth-order valence-electron chi connectivity index (χ4n) is 0.288. The minimum Gasteiger partial charge on any atom is -0.386 e. The highest BCUT2D eigenvalue weighted by Gasteiger charge is 2.13. The van der Waals surface area contributed by atoms with Gasteiger partial charge in [-0.3, -0.25) is 4.99 Å². The Bertz CT molecular complexity index is 99.9. The number of nitrogens with zero attached hydrogens (tertiary/aromatic N) is 1. The fraction of sp³-hybridized carbons (Fsp3) is 0.857. The number of hydrogen-bond donors (Lipinski definition) is 2. The summed E-state index contributed by atoms with van der Waals surface area (Å²) in [5.74, 6) is 0.484. The highest BCUT2D eigenvalue weighted by molar-refractivity contribution is 5.88. The van der Waals surface area contributed by atoms with Crippen LogP contribution in [0, 0.1) is 0 Å². The first kappa shape index (κ1) is 12.1. The Labute approximate surface area is 63.5 Å². The molecule has 0 heterocycles. The van der Waals surface area contributed by atoms with Crippen molar-refractivity contribution in [3.05, 3.63) is 0 Å². The molecular formula is C7H19N3. The summed E-state index contributed by atoms with van der Waals surface area (Å²) in [6.45, 7) is 7.63. The molecule has 4 N–H and O–H groups in total. The first-order valence-electron chi connectivity index (χ1n) is 3.50. The molecule has 10 heavy (non-hydrogen) atoms. The third kappa shape index (κ3) is 5.56. The summed E-state index contributed by atoms with van der Waals surface area (Å²) in [4.78, 5) is 3.73. The summed E-state index contributed by atoms with van der Waals surface area (Å²) in [6.07, 6.45) is 0. The lowest BCUT2D eigenvalue weighted by Gasteiger charge is -2.16. The quantitative estimate of drug-likeness (QED) is 0.422. The first-order chi connectivity index (χ1) is 4.48. The van der Waals surface area contributed by atoms with E-state index >= 15 is 0 Å². The molecule has 0 unspecified atom stereocenters. The second-order valence-corrected chi connectivity index (χ2v) is 2.33. The highest BCUT2D eigenvalue weighted by atomic mass is 14.9. The predicted octanol–water partition coefficient (Wildman–Crippen LogP) is 0.737. The van der Waals surface area contributed by atoms with Gasteiger partial charge in [-0.2, -0.15) is 0 Å². The van der Waals surface area contributed by atoms with Gasteiger partial charge < -0.3 is 11.5 Å². The van der Waals surface area contributed by atoms with Crippen molar-refractivity contribution in [1.82, 2.24) is 0 Å². The molecule has 0 rings (SSSR count). The van der Waals surface area contributed by atoms with Crippen LogP contribution in [0.25, 0.3) is 0 Å². The lowest BCUT2D eigenvalue weighted by molar-refractivity contribution is 0.690. The van der Waals surface area contributed by atoms with Gasteiger partial charge in [0, 0.05) is 7.05 Å². The Morgan fingerprint density at radius 2 is 1.60 bits per heavy atom. The molecule has 0 fully saturated rings. The normalized spacial score (nSPS) is 12.0. The zero-order valence-electron chi connectivity index (χ0n) is 7.60. The van der Waals surface area contributed by atoms with E-state index in [4.69, 9.17) is 11.5 Å². The van der Waals surface area contributed by atoms with Gasteiger partial charge in [0.15, 0.2) is 0 Å².